The molecule has 0 N–H and O–H groups in total. The molecule has 0 spiro atoms. The van der Waals surface area contributed by atoms with E-state index in [4.69, 9.17) is 9.47 Å². The third kappa shape index (κ3) is 4.88. The molecular weight excluding hydrogens is 212 g/mol. The highest BCUT2D eigenvalue weighted by molar-refractivity contribution is 5.23. The second-order valence-corrected chi connectivity index (χ2v) is 4.58. The van der Waals surface area contributed by atoms with Crippen molar-refractivity contribution in [2.45, 2.75) is 40.4 Å². The number of benzene rings is 1. The Kier molecular flexibility index (Phi) is 6.23. The van der Waals surface area contributed by atoms with E-state index in [1.807, 2.05) is 13.8 Å². The van der Waals surface area contributed by atoms with Crippen molar-refractivity contribution in [3.8, 4) is 0 Å². The molecule has 2 heteroatoms. The topological polar surface area (TPSA) is 18.5 Å². The van der Waals surface area contributed by atoms with Crippen molar-refractivity contribution in [2.75, 3.05) is 13.2 Å². The Bertz CT molecular complexity index is 297. The molecule has 96 valence electrons. The van der Waals surface area contributed by atoms with Crippen LogP contribution in [-0.4, -0.2) is 13.2 Å². The summed E-state index contributed by atoms with van der Waals surface area (Å²) in [5.41, 5.74) is 2.47. The summed E-state index contributed by atoms with van der Waals surface area (Å²) in [7, 11) is 0. The summed E-state index contributed by atoms with van der Waals surface area (Å²) in [4.78, 5) is 0. The van der Waals surface area contributed by atoms with Crippen LogP contribution >= 0.6 is 0 Å². The van der Waals surface area contributed by atoms with Gasteiger partial charge >= 0.3 is 0 Å². The van der Waals surface area contributed by atoms with Gasteiger partial charge in [-0.05, 0) is 31.7 Å². The van der Waals surface area contributed by atoms with Crippen molar-refractivity contribution >= 4 is 0 Å². The number of hydrogen-bond donors (Lipinski definition) is 0. The second kappa shape index (κ2) is 7.46. The largest absolute Gasteiger partial charge is 0.349 e. The van der Waals surface area contributed by atoms with E-state index in [2.05, 4.69) is 38.1 Å². The zero-order chi connectivity index (χ0) is 12.7. The molecule has 1 rings (SSSR count). The lowest BCUT2D eigenvalue weighted by Crippen LogP contribution is -2.08. The lowest BCUT2D eigenvalue weighted by Gasteiger charge is -2.17. The van der Waals surface area contributed by atoms with E-state index in [-0.39, 0.29) is 6.29 Å². The third-order valence-corrected chi connectivity index (χ3v) is 2.53. The Labute approximate surface area is 105 Å². The van der Waals surface area contributed by atoms with Gasteiger partial charge in [-0.2, -0.15) is 0 Å². The van der Waals surface area contributed by atoms with Gasteiger partial charge in [-0.1, -0.05) is 38.1 Å². The molecule has 0 aliphatic carbocycles. The second-order valence-electron chi connectivity index (χ2n) is 4.58. The normalized spacial score (nSPS) is 11.4. The molecule has 0 aromatic heterocycles. The van der Waals surface area contributed by atoms with Crippen LogP contribution in [0.3, 0.4) is 0 Å². The molecule has 0 amide bonds. The zero-order valence-electron chi connectivity index (χ0n) is 11.4. The molecule has 0 saturated heterocycles. The number of ether oxygens (including phenoxy) is 2. The van der Waals surface area contributed by atoms with E-state index in [1.54, 1.807) is 0 Å². The van der Waals surface area contributed by atoms with Gasteiger partial charge in [-0.25, -0.2) is 0 Å². The van der Waals surface area contributed by atoms with Crippen LogP contribution in [0.2, 0.25) is 0 Å². The van der Waals surface area contributed by atoms with Crippen LogP contribution in [0, 0.1) is 5.92 Å². The van der Waals surface area contributed by atoms with Gasteiger partial charge < -0.3 is 9.47 Å². The van der Waals surface area contributed by atoms with E-state index in [0.717, 1.165) is 12.0 Å². The summed E-state index contributed by atoms with van der Waals surface area (Å²) in [6.07, 6.45) is 0.895. The minimum absolute atomic E-state index is 0.224. The van der Waals surface area contributed by atoms with Crippen molar-refractivity contribution in [2.24, 2.45) is 5.92 Å². The fourth-order valence-corrected chi connectivity index (χ4v) is 1.83. The highest BCUT2D eigenvalue weighted by Gasteiger charge is 2.10. The fourth-order valence-electron chi connectivity index (χ4n) is 1.83. The Morgan fingerprint density at radius 3 is 1.88 bits per heavy atom. The molecule has 0 atom stereocenters. The first-order valence-electron chi connectivity index (χ1n) is 6.49. The van der Waals surface area contributed by atoms with Crippen molar-refractivity contribution in [3.05, 3.63) is 35.4 Å². The summed E-state index contributed by atoms with van der Waals surface area (Å²) in [5, 5.41) is 0. The highest BCUT2D eigenvalue weighted by atomic mass is 16.7. The van der Waals surface area contributed by atoms with Crippen LogP contribution < -0.4 is 0 Å². The molecule has 0 fully saturated rings. The Hall–Kier alpha value is -0.860. The van der Waals surface area contributed by atoms with Crippen LogP contribution in [-0.2, 0) is 15.9 Å². The SMILES string of the molecule is CCOC(OCC)c1ccc(CC(C)C)cc1. The maximum Gasteiger partial charge on any atom is 0.183 e. The average Bonchev–Trinajstić information content (AvgIpc) is 2.29. The van der Waals surface area contributed by atoms with Gasteiger partial charge in [0.1, 0.15) is 0 Å². The maximum absolute atomic E-state index is 5.57. The molecule has 0 saturated carbocycles. The smallest absolute Gasteiger partial charge is 0.183 e. The van der Waals surface area contributed by atoms with Gasteiger partial charge in [0.25, 0.3) is 0 Å². The predicted octanol–water partition coefficient (Wildman–Crippen LogP) is 3.96. The van der Waals surface area contributed by atoms with E-state index >= 15 is 0 Å². The van der Waals surface area contributed by atoms with Gasteiger partial charge in [0.15, 0.2) is 6.29 Å². The molecule has 0 radical (unpaired) electrons. The highest BCUT2D eigenvalue weighted by Crippen LogP contribution is 2.20. The lowest BCUT2D eigenvalue weighted by molar-refractivity contribution is -0.140. The number of hydrogen-bond acceptors (Lipinski definition) is 2. The molecule has 17 heavy (non-hydrogen) atoms. The summed E-state index contributed by atoms with van der Waals surface area (Å²) >= 11 is 0. The molecule has 0 aliphatic heterocycles. The average molecular weight is 236 g/mol. The van der Waals surface area contributed by atoms with E-state index in [0.29, 0.717) is 19.1 Å². The maximum atomic E-state index is 5.57. The van der Waals surface area contributed by atoms with Crippen LogP contribution in [0.15, 0.2) is 24.3 Å². The van der Waals surface area contributed by atoms with Crippen molar-refractivity contribution < 1.29 is 9.47 Å². The first-order chi connectivity index (χ1) is 8.17. The monoisotopic (exact) mass is 236 g/mol. The minimum Gasteiger partial charge on any atom is -0.349 e. The Balaban J connectivity index is 2.69. The summed E-state index contributed by atoms with van der Waals surface area (Å²) in [5.74, 6) is 0.690. The molecule has 1 aromatic rings. The summed E-state index contributed by atoms with van der Waals surface area (Å²) in [6.45, 7) is 9.77. The van der Waals surface area contributed by atoms with E-state index in [9.17, 15) is 0 Å². The van der Waals surface area contributed by atoms with Crippen LogP contribution in [0.4, 0.5) is 0 Å². The van der Waals surface area contributed by atoms with Crippen LogP contribution in [0.5, 0.6) is 0 Å². The van der Waals surface area contributed by atoms with Gasteiger partial charge in [0.2, 0.25) is 0 Å². The van der Waals surface area contributed by atoms with Crippen LogP contribution in [0.1, 0.15) is 45.1 Å². The molecule has 0 heterocycles. The van der Waals surface area contributed by atoms with Crippen molar-refractivity contribution in [3.63, 3.8) is 0 Å². The molecule has 0 bridgehead atoms. The van der Waals surface area contributed by atoms with Gasteiger partial charge in [-0.3, -0.25) is 0 Å². The summed E-state index contributed by atoms with van der Waals surface area (Å²) < 4.78 is 11.1. The van der Waals surface area contributed by atoms with Crippen LogP contribution in [0.25, 0.3) is 0 Å². The predicted molar refractivity (Wildman–Crippen MR) is 71.0 cm³/mol. The molecular formula is C15H24O2. The third-order valence-electron chi connectivity index (χ3n) is 2.53. The van der Waals surface area contributed by atoms with Gasteiger partial charge in [0.05, 0.1) is 0 Å². The molecule has 2 nitrogen and oxygen atoms in total. The minimum atomic E-state index is -0.224. The van der Waals surface area contributed by atoms with E-state index in [1.165, 1.54) is 5.56 Å². The standard InChI is InChI=1S/C15H24O2/c1-5-16-15(17-6-2)14-9-7-13(8-10-14)11-12(3)4/h7-10,12,15H,5-6,11H2,1-4H3. The van der Waals surface area contributed by atoms with Gasteiger partial charge in [0, 0.05) is 18.8 Å². The van der Waals surface area contributed by atoms with Crippen molar-refractivity contribution in [1.29, 1.82) is 0 Å². The van der Waals surface area contributed by atoms with Gasteiger partial charge in [-0.15, -0.1) is 0 Å². The molecule has 1 aromatic carbocycles. The van der Waals surface area contributed by atoms with E-state index < -0.39 is 0 Å². The molecule has 0 aliphatic rings. The zero-order valence-corrected chi connectivity index (χ0v) is 11.4. The first-order valence-corrected chi connectivity index (χ1v) is 6.49. The molecule has 0 unspecified atom stereocenters. The lowest BCUT2D eigenvalue weighted by atomic mass is 10.0. The van der Waals surface area contributed by atoms with Crippen molar-refractivity contribution in [1.82, 2.24) is 0 Å². The Morgan fingerprint density at radius 2 is 1.47 bits per heavy atom. The Morgan fingerprint density at radius 1 is 0.941 bits per heavy atom. The first kappa shape index (κ1) is 14.2. The fraction of sp³-hybridized carbons (Fsp3) is 0.600. The quantitative estimate of drug-likeness (QED) is 0.667. The number of rotatable bonds is 7. The summed E-state index contributed by atoms with van der Waals surface area (Å²) in [6, 6.07) is 8.54.